The van der Waals surface area contributed by atoms with Gasteiger partial charge in [-0.3, -0.25) is 0 Å². The summed E-state index contributed by atoms with van der Waals surface area (Å²) in [4.78, 5) is 0. The highest BCUT2D eigenvalue weighted by Crippen LogP contribution is 2.23. The number of hydrogen-bond donors (Lipinski definition) is 1. The Balaban J connectivity index is 2.88. The molecule has 0 radical (unpaired) electrons. The minimum atomic E-state index is -1.31. The van der Waals surface area contributed by atoms with Crippen LogP contribution >= 0.6 is 15.9 Å². The van der Waals surface area contributed by atoms with Crippen molar-refractivity contribution in [3.8, 4) is 0 Å². The topological polar surface area (TPSA) is 26.0 Å². The lowest BCUT2D eigenvalue weighted by molar-refractivity contribution is 0.309. The normalized spacial score (nSPS) is 12.9. The molecule has 0 bridgehead atoms. The SMILES string of the molecule is NCCC(F)Cc1c(F)ccc(Br)c1F. The van der Waals surface area contributed by atoms with Gasteiger partial charge in [0.25, 0.3) is 0 Å². The largest absolute Gasteiger partial charge is 0.330 e. The van der Waals surface area contributed by atoms with E-state index in [4.69, 9.17) is 5.73 Å². The van der Waals surface area contributed by atoms with Gasteiger partial charge in [-0.05, 0) is 41.0 Å². The first-order valence-corrected chi connectivity index (χ1v) is 5.32. The van der Waals surface area contributed by atoms with E-state index in [1.807, 2.05) is 0 Å². The van der Waals surface area contributed by atoms with Gasteiger partial charge in [0.1, 0.15) is 17.8 Å². The Labute approximate surface area is 94.6 Å². The summed E-state index contributed by atoms with van der Waals surface area (Å²) in [5, 5.41) is 0. The number of alkyl halides is 1. The summed E-state index contributed by atoms with van der Waals surface area (Å²) in [6.07, 6.45) is -1.49. The molecule has 1 unspecified atom stereocenters. The molecular weight excluding hydrogens is 271 g/mol. The van der Waals surface area contributed by atoms with Crippen LogP contribution in [0, 0.1) is 11.6 Å². The molecule has 15 heavy (non-hydrogen) atoms. The summed E-state index contributed by atoms with van der Waals surface area (Å²) < 4.78 is 39.8. The molecule has 1 atom stereocenters. The molecule has 0 heterocycles. The monoisotopic (exact) mass is 281 g/mol. The van der Waals surface area contributed by atoms with Crippen molar-refractivity contribution < 1.29 is 13.2 Å². The van der Waals surface area contributed by atoms with E-state index < -0.39 is 17.8 Å². The first-order chi connectivity index (χ1) is 7.06. The van der Waals surface area contributed by atoms with E-state index in [1.165, 1.54) is 6.07 Å². The Bertz CT molecular complexity index is 344. The molecule has 0 aliphatic carbocycles. The molecule has 0 aromatic heterocycles. The minimum absolute atomic E-state index is 0.103. The maximum absolute atomic E-state index is 13.4. The molecule has 0 saturated carbocycles. The molecule has 2 N–H and O–H groups in total. The third-order valence-electron chi connectivity index (χ3n) is 2.04. The van der Waals surface area contributed by atoms with Crippen molar-refractivity contribution in [3.05, 3.63) is 33.8 Å². The highest BCUT2D eigenvalue weighted by molar-refractivity contribution is 9.10. The number of halogens is 4. The summed E-state index contributed by atoms with van der Waals surface area (Å²) in [5.74, 6) is -1.47. The Morgan fingerprint density at radius 1 is 1.33 bits per heavy atom. The summed E-state index contributed by atoms with van der Waals surface area (Å²) in [6.45, 7) is 0.165. The van der Waals surface area contributed by atoms with Gasteiger partial charge in [0.2, 0.25) is 0 Å². The van der Waals surface area contributed by atoms with E-state index in [1.54, 1.807) is 0 Å². The Kier molecular flexibility index (Phi) is 4.60. The van der Waals surface area contributed by atoms with Crippen molar-refractivity contribution in [2.24, 2.45) is 5.73 Å². The van der Waals surface area contributed by atoms with Gasteiger partial charge in [0.05, 0.1) is 4.47 Å². The average Bonchev–Trinajstić information content (AvgIpc) is 2.19. The van der Waals surface area contributed by atoms with Crippen molar-refractivity contribution >= 4 is 15.9 Å². The molecular formula is C10H11BrF3N. The van der Waals surface area contributed by atoms with Crippen molar-refractivity contribution in [1.29, 1.82) is 0 Å². The maximum atomic E-state index is 13.4. The molecule has 0 amide bonds. The van der Waals surface area contributed by atoms with Crippen molar-refractivity contribution in [3.63, 3.8) is 0 Å². The molecule has 0 spiro atoms. The van der Waals surface area contributed by atoms with E-state index in [2.05, 4.69) is 15.9 Å². The first-order valence-electron chi connectivity index (χ1n) is 4.52. The highest BCUT2D eigenvalue weighted by atomic mass is 79.9. The number of hydrogen-bond acceptors (Lipinski definition) is 1. The van der Waals surface area contributed by atoms with E-state index in [0.29, 0.717) is 0 Å². The fourth-order valence-corrected chi connectivity index (χ4v) is 1.63. The van der Waals surface area contributed by atoms with Gasteiger partial charge >= 0.3 is 0 Å². The molecule has 84 valence electrons. The smallest absolute Gasteiger partial charge is 0.143 e. The Morgan fingerprint density at radius 3 is 2.60 bits per heavy atom. The molecule has 0 saturated heterocycles. The zero-order valence-corrected chi connectivity index (χ0v) is 9.53. The predicted octanol–water partition coefficient (Wildman–Crippen LogP) is 2.96. The number of rotatable bonds is 4. The van der Waals surface area contributed by atoms with E-state index in [9.17, 15) is 13.2 Å². The van der Waals surface area contributed by atoms with Crippen LogP contribution in [0.2, 0.25) is 0 Å². The highest BCUT2D eigenvalue weighted by Gasteiger charge is 2.16. The van der Waals surface area contributed by atoms with E-state index in [0.717, 1.165) is 6.07 Å². The second-order valence-corrected chi connectivity index (χ2v) is 4.05. The fraction of sp³-hybridized carbons (Fsp3) is 0.400. The van der Waals surface area contributed by atoms with Gasteiger partial charge in [0.15, 0.2) is 0 Å². The summed E-state index contributed by atoms with van der Waals surface area (Å²) in [5.41, 5.74) is 4.92. The first kappa shape index (κ1) is 12.5. The quantitative estimate of drug-likeness (QED) is 0.844. The molecule has 0 fully saturated rings. The van der Waals surface area contributed by atoms with Crippen molar-refractivity contribution in [2.45, 2.75) is 19.0 Å². The lowest BCUT2D eigenvalue weighted by atomic mass is 10.1. The molecule has 5 heteroatoms. The van der Waals surface area contributed by atoms with Crippen LogP contribution in [0.15, 0.2) is 16.6 Å². The minimum Gasteiger partial charge on any atom is -0.330 e. The van der Waals surface area contributed by atoms with Crippen LogP contribution in [-0.4, -0.2) is 12.7 Å². The fourth-order valence-electron chi connectivity index (χ4n) is 1.26. The van der Waals surface area contributed by atoms with Crippen LogP contribution in [-0.2, 0) is 6.42 Å². The molecule has 1 rings (SSSR count). The lowest BCUT2D eigenvalue weighted by Crippen LogP contribution is -2.13. The standard InChI is InChI=1S/C10H11BrF3N/c11-8-1-2-9(13)7(10(8)14)5-6(12)3-4-15/h1-2,6H,3-5,15H2. The van der Waals surface area contributed by atoms with Gasteiger partial charge in [-0.2, -0.15) is 0 Å². The second-order valence-electron chi connectivity index (χ2n) is 3.20. The summed E-state index contributed by atoms with van der Waals surface area (Å²) in [6, 6.07) is 2.36. The zero-order valence-electron chi connectivity index (χ0n) is 7.94. The predicted molar refractivity (Wildman–Crippen MR) is 56.3 cm³/mol. The second kappa shape index (κ2) is 5.51. The van der Waals surface area contributed by atoms with Crippen molar-refractivity contribution in [2.75, 3.05) is 6.54 Å². The molecule has 1 nitrogen and oxygen atoms in total. The van der Waals surface area contributed by atoms with Crippen LogP contribution in [0.4, 0.5) is 13.2 Å². The zero-order chi connectivity index (χ0) is 11.4. The Hall–Kier alpha value is -0.550. The van der Waals surface area contributed by atoms with Gasteiger partial charge in [-0.15, -0.1) is 0 Å². The molecule has 1 aromatic carbocycles. The van der Waals surface area contributed by atoms with Gasteiger partial charge in [-0.1, -0.05) is 0 Å². The molecule has 0 aliphatic heterocycles. The molecule has 1 aromatic rings. The Morgan fingerprint density at radius 2 is 2.00 bits per heavy atom. The number of nitrogens with two attached hydrogens (primary N) is 1. The third kappa shape index (κ3) is 3.21. The van der Waals surface area contributed by atoms with E-state index >= 15 is 0 Å². The summed E-state index contributed by atoms with van der Waals surface area (Å²) >= 11 is 2.92. The van der Waals surface area contributed by atoms with Crippen molar-refractivity contribution in [1.82, 2.24) is 0 Å². The van der Waals surface area contributed by atoms with Gasteiger partial charge < -0.3 is 5.73 Å². The van der Waals surface area contributed by atoms with E-state index in [-0.39, 0.29) is 29.4 Å². The average molecular weight is 282 g/mol. The van der Waals surface area contributed by atoms with Crippen LogP contribution in [0.3, 0.4) is 0 Å². The van der Waals surface area contributed by atoms with Gasteiger partial charge in [-0.25, -0.2) is 13.2 Å². The van der Waals surface area contributed by atoms with Gasteiger partial charge in [0, 0.05) is 12.0 Å². The van der Waals surface area contributed by atoms with Crippen LogP contribution in [0.1, 0.15) is 12.0 Å². The third-order valence-corrected chi connectivity index (χ3v) is 2.66. The summed E-state index contributed by atoms with van der Waals surface area (Å²) in [7, 11) is 0. The lowest BCUT2D eigenvalue weighted by Gasteiger charge is -2.09. The van der Waals surface area contributed by atoms with Crippen LogP contribution in [0.5, 0.6) is 0 Å². The molecule has 0 aliphatic rings. The van der Waals surface area contributed by atoms with Crippen LogP contribution < -0.4 is 5.73 Å². The maximum Gasteiger partial charge on any atom is 0.143 e. The number of benzene rings is 1. The van der Waals surface area contributed by atoms with Crippen LogP contribution in [0.25, 0.3) is 0 Å².